The van der Waals surface area contributed by atoms with Crippen molar-refractivity contribution in [2.45, 2.75) is 70.6 Å². The molecule has 132 valence electrons. The quantitative estimate of drug-likeness (QED) is 0.741. The Bertz CT molecular complexity index is 438. The maximum absolute atomic E-state index is 11.2. The Hall–Kier alpha value is -0.200. The van der Waals surface area contributed by atoms with E-state index >= 15 is 0 Å². The van der Waals surface area contributed by atoms with Crippen LogP contribution in [0.3, 0.4) is 0 Å². The summed E-state index contributed by atoms with van der Waals surface area (Å²) >= 11 is 0. The van der Waals surface area contributed by atoms with Gasteiger partial charge in [-0.2, -0.15) is 0 Å². The fraction of sp³-hybridized carbons (Fsp3) is 1.00. The summed E-state index contributed by atoms with van der Waals surface area (Å²) in [6.45, 7) is 11.3. The number of fused-ring (bicyclic) bond motifs is 1. The number of hydrogen-bond acceptors (Lipinski definition) is 5. The van der Waals surface area contributed by atoms with Gasteiger partial charge in [0.05, 0.1) is 32.0 Å². The largest absolute Gasteiger partial charge is 0.389 e. The Morgan fingerprint density at radius 2 is 1.04 bits per heavy atom. The van der Waals surface area contributed by atoms with Crippen LogP contribution in [0.4, 0.5) is 0 Å². The first-order chi connectivity index (χ1) is 10.6. The second kappa shape index (κ2) is 4.70. The summed E-state index contributed by atoms with van der Waals surface area (Å²) in [5.74, 6) is -1.10. The Morgan fingerprint density at radius 3 is 1.35 bits per heavy atom. The Morgan fingerprint density at radius 1 is 0.696 bits per heavy atom. The van der Waals surface area contributed by atoms with E-state index in [0.29, 0.717) is 39.3 Å². The number of aliphatic hydroxyl groups is 1. The molecular weight excluding hydrogens is 296 g/mol. The summed E-state index contributed by atoms with van der Waals surface area (Å²) in [6, 6.07) is 0. The summed E-state index contributed by atoms with van der Waals surface area (Å²) in [7, 11) is 0. The van der Waals surface area contributed by atoms with Crippen molar-refractivity contribution in [2.75, 3.05) is 26.4 Å². The van der Waals surface area contributed by atoms with Crippen LogP contribution in [0, 0.1) is 16.7 Å². The maximum Gasteiger partial charge on any atom is 0.171 e. The molecular formula is C18H30O5. The molecule has 2 saturated carbocycles. The molecule has 4 aliphatic rings. The molecule has 0 aromatic heterocycles. The highest BCUT2D eigenvalue weighted by Crippen LogP contribution is 2.59. The van der Waals surface area contributed by atoms with Crippen LogP contribution >= 0.6 is 0 Å². The van der Waals surface area contributed by atoms with Crippen molar-refractivity contribution in [2.24, 2.45) is 16.7 Å². The van der Waals surface area contributed by atoms with Crippen LogP contribution in [0.5, 0.6) is 0 Å². The minimum Gasteiger partial charge on any atom is -0.389 e. The van der Waals surface area contributed by atoms with Gasteiger partial charge in [-0.1, -0.05) is 27.7 Å². The van der Waals surface area contributed by atoms with E-state index < -0.39 is 17.2 Å². The van der Waals surface area contributed by atoms with E-state index in [-0.39, 0.29) is 16.7 Å². The topological polar surface area (TPSA) is 57.2 Å². The zero-order chi connectivity index (χ0) is 16.6. The zero-order valence-corrected chi connectivity index (χ0v) is 14.8. The first kappa shape index (κ1) is 16.3. The highest BCUT2D eigenvalue weighted by atomic mass is 16.7. The zero-order valence-electron chi connectivity index (χ0n) is 14.8. The van der Waals surface area contributed by atoms with Crippen molar-refractivity contribution in [3.05, 3.63) is 0 Å². The number of hydrogen-bond donors (Lipinski definition) is 1. The maximum atomic E-state index is 11.2. The Balaban J connectivity index is 1.45. The highest BCUT2D eigenvalue weighted by Gasteiger charge is 2.66. The van der Waals surface area contributed by atoms with Crippen molar-refractivity contribution < 1.29 is 24.1 Å². The van der Waals surface area contributed by atoms with Gasteiger partial charge in [-0.15, -0.1) is 0 Å². The van der Waals surface area contributed by atoms with E-state index in [9.17, 15) is 5.11 Å². The fourth-order valence-corrected chi connectivity index (χ4v) is 4.55. The number of ether oxygens (including phenoxy) is 4. The van der Waals surface area contributed by atoms with Gasteiger partial charge in [0.1, 0.15) is 0 Å². The van der Waals surface area contributed by atoms with E-state index in [2.05, 4.69) is 27.7 Å². The lowest BCUT2D eigenvalue weighted by atomic mass is 9.92. The molecule has 4 rings (SSSR count). The molecule has 5 heteroatoms. The predicted molar refractivity (Wildman–Crippen MR) is 83.7 cm³/mol. The van der Waals surface area contributed by atoms with Crippen molar-refractivity contribution in [1.29, 1.82) is 0 Å². The lowest BCUT2D eigenvalue weighted by Crippen LogP contribution is -2.50. The molecule has 0 atom stereocenters. The molecule has 1 N–H and O–H groups in total. The molecule has 0 bridgehead atoms. The van der Waals surface area contributed by atoms with Crippen molar-refractivity contribution >= 4 is 0 Å². The lowest BCUT2D eigenvalue weighted by molar-refractivity contribution is -0.319. The van der Waals surface area contributed by atoms with Crippen LogP contribution in [0.25, 0.3) is 0 Å². The molecule has 0 aromatic rings. The van der Waals surface area contributed by atoms with Crippen molar-refractivity contribution in [3.63, 3.8) is 0 Å². The summed E-state index contributed by atoms with van der Waals surface area (Å²) in [5.41, 5.74) is -0.703. The summed E-state index contributed by atoms with van der Waals surface area (Å²) in [5, 5.41) is 11.2. The third-order valence-corrected chi connectivity index (χ3v) is 5.93. The average Bonchev–Trinajstić information content (AvgIpc) is 2.84. The predicted octanol–water partition coefficient (Wildman–Crippen LogP) is 2.46. The van der Waals surface area contributed by atoms with E-state index in [1.807, 2.05) is 0 Å². The van der Waals surface area contributed by atoms with E-state index in [4.69, 9.17) is 18.9 Å². The molecule has 4 fully saturated rings. The number of rotatable bonds is 0. The van der Waals surface area contributed by atoms with Crippen LogP contribution in [-0.2, 0) is 18.9 Å². The van der Waals surface area contributed by atoms with Crippen LogP contribution in [0.2, 0.25) is 0 Å². The standard InChI is InChI=1S/C18H30O5/c1-14(2)9-20-17(21-10-14)5-13-6-18(8-16(13,19)7-17)22-11-15(3,4)12-23-18/h13,19H,5-12H2,1-4H3. The van der Waals surface area contributed by atoms with Crippen LogP contribution in [0.1, 0.15) is 53.4 Å². The molecule has 0 radical (unpaired) electrons. The summed E-state index contributed by atoms with van der Waals surface area (Å²) in [6.07, 6.45) is 2.52. The lowest BCUT2D eigenvalue weighted by Gasteiger charge is -2.45. The molecule has 0 aromatic carbocycles. The normalized spacial score (nSPS) is 42.9. The van der Waals surface area contributed by atoms with Crippen molar-refractivity contribution in [1.82, 2.24) is 0 Å². The molecule has 5 nitrogen and oxygen atoms in total. The average molecular weight is 326 g/mol. The van der Waals surface area contributed by atoms with Gasteiger partial charge in [0, 0.05) is 36.5 Å². The Labute approximate surface area is 138 Å². The minimum atomic E-state index is -0.803. The van der Waals surface area contributed by atoms with Crippen molar-refractivity contribution in [3.8, 4) is 0 Å². The third kappa shape index (κ3) is 2.74. The summed E-state index contributed by atoms with van der Waals surface area (Å²) in [4.78, 5) is 0. The van der Waals surface area contributed by atoms with Crippen LogP contribution < -0.4 is 0 Å². The third-order valence-electron chi connectivity index (χ3n) is 5.93. The van der Waals surface area contributed by atoms with Gasteiger partial charge in [-0.25, -0.2) is 0 Å². The fourth-order valence-electron chi connectivity index (χ4n) is 4.55. The molecule has 0 amide bonds. The van der Waals surface area contributed by atoms with Gasteiger partial charge < -0.3 is 24.1 Å². The highest BCUT2D eigenvalue weighted by molar-refractivity contribution is 5.11. The molecule has 2 heterocycles. The molecule has 0 unspecified atom stereocenters. The van der Waals surface area contributed by atoms with Gasteiger partial charge >= 0.3 is 0 Å². The van der Waals surface area contributed by atoms with Gasteiger partial charge in [0.15, 0.2) is 11.6 Å². The molecule has 2 saturated heterocycles. The van der Waals surface area contributed by atoms with E-state index in [1.165, 1.54) is 0 Å². The monoisotopic (exact) mass is 326 g/mol. The van der Waals surface area contributed by atoms with Gasteiger partial charge in [-0.05, 0) is 5.92 Å². The molecule has 2 aliphatic heterocycles. The Kier molecular flexibility index (Phi) is 3.33. The van der Waals surface area contributed by atoms with E-state index in [0.717, 1.165) is 12.8 Å². The second-order valence-electron chi connectivity index (χ2n) is 9.87. The molecule has 23 heavy (non-hydrogen) atoms. The van der Waals surface area contributed by atoms with Crippen LogP contribution in [-0.4, -0.2) is 48.7 Å². The van der Waals surface area contributed by atoms with E-state index in [1.54, 1.807) is 0 Å². The molecule has 2 spiro atoms. The first-order valence-corrected chi connectivity index (χ1v) is 8.84. The summed E-state index contributed by atoms with van der Waals surface area (Å²) < 4.78 is 24.4. The smallest absolute Gasteiger partial charge is 0.171 e. The molecule has 2 aliphatic carbocycles. The van der Waals surface area contributed by atoms with Gasteiger partial charge in [-0.3, -0.25) is 0 Å². The van der Waals surface area contributed by atoms with Gasteiger partial charge in [0.25, 0.3) is 0 Å². The SMILES string of the molecule is CC1(C)COC2(CC3CC4(CC3(O)C2)OCC(C)(C)CO4)OC1. The first-order valence-electron chi connectivity index (χ1n) is 8.84. The van der Waals surface area contributed by atoms with Crippen LogP contribution in [0.15, 0.2) is 0 Å². The van der Waals surface area contributed by atoms with Gasteiger partial charge in [0.2, 0.25) is 0 Å². The minimum absolute atomic E-state index is 0.0496. The second-order valence-corrected chi connectivity index (χ2v) is 9.87.